The SMILES string of the molecule is COC(=[Te])c1ccccc1. The van der Waals surface area contributed by atoms with Gasteiger partial charge in [0.25, 0.3) is 0 Å². The average molecular weight is 248 g/mol. The van der Waals surface area contributed by atoms with Crippen molar-refractivity contribution in [2.45, 2.75) is 0 Å². The zero-order valence-electron chi connectivity index (χ0n) is 5.70. The molecule has 0 aliphatic heterocycles. The molecule has 10 heavy (non-hydrogen) atoms. The second kappa shape index (κ2) is 3.75. The van der Waals surface area contributed by atoms with Gasteiger partial charge in [0.1, 0.15) is 0 Å². The van der Waals surface area contributed by atoms with E-state index in [0.29, 0.717) is 0 Å². The third-order valence-electron chi connectivity index (χ3n) is 1.19. The van der Waals surface area contributed by atoms with E-state index in [-0.39, 0.29) is 0 Å². The molecule has 0 aliphatic carbocycles. The molecule has 0 amide bonds. The van der Waals surface area contributed by atoms with Gasteiger partial charge in [0.2, 0.25) is 0 Å². The van der Waals surface area contributed by atoms with Gasteiger partial charge in [-0.15, -0.1) is 0 Å². The Balaban J connectivity index is 2.85. The van der Waals surface area contributed by atoms with Crippen molar-refractivity contribution >= 4 is 25.6 Å². The van der Waals surface area contributed by atoms with Crippen LogP contribution in [0.4, 0.5) is 0 Å². The van der Waals surface area contributed by atoms with E-state index in [1.807, 2.05) is 52.2 Å². The summed E-state index contributed by atoms with van der Waals surface area (Å²) in [5.41, 5.74) is 1.15. The van der Waals surface area contributed by atoms with Gasteiger partial charge >= 0.3 is 73.3 Å². The summed E-state index contributed by atoms with van der Waals surface area (Å²) in [5.74, 6) is 0. The fourth-order valence-corrected chi connectivity index (χ4v) is 1.08. The van der Waals surface area contributed by atoms with Crippen molar-refractivity contribution in [3.8, 4) is 0 Å². The zero-order chi connectivity index (χ0) is 7.40. The predicted molar refractivity (Wildman–Crippen MR) is 43.3 cm³/mol. The molecule has 0 aromatic heterocycles. The molecule has 2 heteroatoms. The van der Waals surface area contributed by atoms with E-state index >= 15 is 0 Å². The molecule has 0 aliphatic rings. The van der Waals surface area contributed by atoms with E-state index in [4.69, 9.17) is 4.74 Å². The van der Waals surface area contributed by atoms with Gasteiger partial charge in [-0.2, -0.15) is 0 Å². The maximum atomic E-state index is 5.06. The van der Waals surface area contributed by atoms with Crippen molar-refractivity contribution in [1.29, 1.82) is 0 Å². The first kappa shape index (κ1) is 7.78. The Kier molecular flexibility index (Phi) is 2.92. The topological polar surface area (TPSA) is 9.23 Å². The van der Waals surface area contributed by atoms with Crippen molar-refractivity contribution in [3.63, 3.8) is 0 Å². The maximum absolute atomic E-state index is 5.06. The quantitative estimate of drug-likeness (QED) is 0.708. The van der Waals surface area contributed by atoms with Crippen LogP contribution >= 0.6 is 0 Å². The Hall–Kier alpha value is -0.320. The summed E-state index contributed by atoms with van der Waals surface area (Å²) < 4.78 is 6.03. The van der Waals surface area contributed by atoms with E-state index in [0.717, 1.165) is 9.30 Å². The first-order chi connectivity index (χ1) is 4.84. The molecule has 0 atom stereocenters. The third-order valence-corrected chi connectivity index (χ3v) is 2.34. The minimum absolute atomic E-state index is 0.969. The fraction of sp³-hybridized carbons (Fsp3) is 0.125. The standard InChI is InChI=1S/C8H8OTe/c1-9-8(10)7-5-3-2-4-6-7/h2-6H,1H3. The summed E-state index contributed by atoms with van der Waals surface area (Å²) in [4.78, 5) is 0. The van der Waals surface area contributed by atoms with Gasteiger partial charge in [-0.1, -0.05) is 0 Å². The molecule has 0 saturated carbocycles. The van der Waals surface area contributed by atoms with Crippen LogP contribution in [0.5, 0.6) is 0 Å². The van der Waals surface area contributed by atoms with Crippen LogP contribution in [0.2, 0.25) is 0 Å². The van der Waals surface area contributed by atoms with Gasteiger partial charge in [0.05, 0.1) is 0 Å². The van der Waals surface area contributed by atoms with E-state index in [2.05, 4.69) is 0 Å². The Morgan fingerprint density at radius 3 is 2.40 bits per heavy atom. The number of ether oxygens (including phenoxy) is 1. The normalized spacial score (nSPS) is 8.90. The Labute approximate surface area is 73.4 Å². The van der Waals surface area contributed by atoms with E-state index in [1.165, 1.54) is 0 Å². The van der Waals surface area contributed by atoms with Crippen LogP contribution < -0.4 is 0 Å². The second-order valence-electron chi connectivity index (χ2n) is 1.86. The molecule has 0 bridgehead atoms. The number of benzene rings is 1. The first-order valence-corrected chi connectivity index (χ1v) is 4.14. The molecule has 52 valence electrons. The molecule has 1 nitrogen and oxygen atoms in total. The van der Waals surface area contributed by atoms with Gasteiger partial charge in [0, 0.05) is 0 Å². The van der Waals surface area contributed by atoms with Crippen LogP contribution in [0, 0.1) is 0 Å². The first-order valence-electron chi connectivity index (χ1n) is 2.98. The molecule has 1 aromatic rings. The monoisotopic (exact) mass is 250 g/mol. The Morgan fingerprint density at radius 2 is 1.90 bits per heavy atom. The van der Waals surface area contributed by atoms with Crippen molar-refractivity contribution in [2.75, 3.05) is 7.11 Å². The number of hydrogen-bond acceptors (Lipinski definition) is 1. The minimum atomic E-state index is 0.969. The fourth-order valence-electron chi connectivity index (χ4n) is 0.692. The Morgan fingerprint density at radius 1 is 1.30 bits per heavy atom. The van der Waals surface area contributed by atoms with Gasteiger partial charge in [-0.3, -0.25) is 0 Å². The summed E-state index contributed by atoms with van der Waals surface area (Å²) in [6, 6.07) is 10.1. The number of hydrogen-bond donors (Lipinski definition) is 0. The van der Waals surface area contributed by atoms with Crippen LogP contribution in [0.15, 0.2) is 30.3 Å². The van der Waals surface area contributed by atoms with Gasteiger partial charge in [-0.05, 0) is 0 Å². The van der Waals surface area contributed by atoms with Crippen LogP contribution in [0.1, 0.15) is 5.56 Å². The molecule has 1 aromatic carbocycles. The van der Waals surface area contributed by atoms with Crippen LogP contribution in [-0.4, -0.2) is 32.7 Å². The molecular formula is C8H8OTe. The second-order valence-corrected chi connectivity index (χ2v) is 2.92. The van der Waals surface area contributed by atoms with Crippen LogP contribution in [-0.2, 0) is 4.74 Å². The molecule has 1 rings (SSSR count). The summed E-state index contributed by atoms with van der Waals surface area (Å²) in [6.45, 7) is 0. The van der Waals surface area contributed by atoms with Crippen LogP contribution in [0.3, 0.4) is 0 Å². The summed E-state index contributed by atoms with van der Waals surface area (Å²) >= 11 is 1.88. The number of rotatable bonds is 2. The molecule has 0 unspecified atom stereocenters. The van der Waals surface area contributed by atoms with E-state index in [9.17, 15) is 0 Å². The third kappa shape index (κ3) is 1.83. The van der Waals surface area contributed by atoms with Crippen molar-refractivity contribution in [3.05, 3.63) is 35.9 Å². The molecule has 0 radical (unpaired) electrons. The molecule has 0 spiro atoms. The van der Waals surface area contributed by atoms with E-state index in [1.54, 1.807) is 7.11 Å². The van der Waals surface area contributed by atoms with Crippen molar-refractivity contribution in [1.82, 2.24) is 0 Å². The average Bonchev–Trinajstić information content (AvgIpc) is 2.05. The molecule has 0 saturated heterocycles. The van der Waals surface area contributed by atoms with Gasteiger partial charge < -0.3 is 0 Å². The number of methoxy groups -OCH3 is 1. The van der Waals surface area contributed by atoms with E-state index < -0.39 is 0 Å². The summed E-state index contributed by atoms with van der Waals surface area (Å²) in [7, 11) is 1.69. The molecular weight excluding hydrogens is 240 g/mol. The molecule has 0 N–H and O–H groups in total. The summed E-state index contributed by atoms with van der Waals surface area (Å²) in [5, 5.41) is 0. The van der Waals surface area contributed by atoms with Gasteiger partial charge in [0.15, 0.2) is 0 Å². The molecule has 0 fully saturated rings. The van der Waals surface area contributed by atoms with Gasteiger partial charge in [-0.25, -0.2) is 0 Å². The predicted octanol–water partition coefficient (Wildman–Crippen LogP) is 0.980. The van der Waals surface area contributed by atoms with Crippen LogP contribution in [0.25, 0.3) is 0 Å². The summed E-state index contributed by atoms with van der Waals surface area (Å²) in [6.07, 6.45) is 0. The Bertz CT molecular complexity index is 218. The van der Waals surface area contributed by atoms with Crippen molar-refractivity contribution < 1.29 is 4.74 Å². The van der Waals surface area contributed by atoms with Crippen molar-refractivity contribution in [2.24, 2.45) is 0 Å². The zero-order valence-corrected chi connectivity index (χ0v) is 8.03. The molecule has 0 heterocycles.